The molecule has 0 aromatic heterocycles. The first-order chi connectivity index (χ1) is 11.0. The SMILES string of the molecule is CC(C)OC(=O)c1cccc(NC(=O)COc2ccccc2)c1. The Morgan fingerprint density at radius 3 is 2.48 bits per heavy atom. The van der Waals surface area contributed by atoms with Crippen molar-refractivity contribution in [2.24, 2.45) is 0 Å². The van der Waals surface area contributed by atoms with Gasteiger partial charge in [-0.25, -0.2) is 4.79 Å². The molecule has 2 aromatic rings. The van der Waals surface area contributed by atoms with E-state index in [1.807, 2.05) is 18.2 Å². The molecule has 5 heteroatoms. The zero-order chi connectivity index (χ0) is 16.7. The van der Waals surface area contributed by atoms with Crippen LogP contribution in [0.15, 0.2) is 54.6 Å². The van der Waals surface area contributed by atoms with Crippen molar-refractivity contribution in [3.8, 4) is 5.75 Å². The number of amides is 1. The van der Waals surface area contributed by atoms with Crippen LogP contribution in [0.4, 0.5) is 5.69 Å². The summed E-state index contributed by atoms with van der Waals surface area (Å²) in [5, 5.41) is 2.69. The lowest BCUT2D eigenvalue weighted by Crippen LogP contribution is -2.20. The molecule has 0 radical (unpaired) electrons. The van der Waals surface area contributed by atoms with Gasteiger partial charge in [-0.05, 0) is 44.2 Å². The first kappa shape index (κ1) is 16.5. The number of nitrogens with one attached hydrogen (secondary N) is 1. The number of para-hydroxylation sites is 1. The normalized spacial score (nSPS) is 10.2. The van der Waals surface area contributed by atoms with E-state index in [4.69, 9.17) is 9.47 Å². The lowest BCUT2D eigenvalue weighted by Gasteiger charge is -2.10. The van der Waals surface area contributed by atoms with Crippen molar-refractivity contribution in [1.29, 1.82) is 0 Å². The van der Waals surface area contributed by atoms with Crippen LogP contribution >= 0.6 is 0 Å². The number of carbonyl (C=O) groups excluding carboxylic acids is 2. The van der Waals surface area contributed by atoms with Crippen LogP contribution in [0.25, 0.3) is 0 Å². The molecule has 1 N–H and O–H groups in total. The summed E-state index contributed by atoms with van der Waals surface area (Å²) in [6.45, 7) is 3.46. The lowest BCUT2D eigenvalue weighted by atomic mass is 10.2. The number of benzene rings is 2. The van der Waals surface area contributed by atoms with Crippen LogP contribution in [0.2, 0.25) is 0 Å². The molecule has 0 aliphatic heterocycles. The maximum absolute atomic E-state index is 11.9. The minimum Gasteiger partial charge on any atom is -0.484 e. The van der Waals surface area contributed by atoms with E-state index in [2.05, 4.69) is 5.32 Å². The number of esters is 1. The Morgan fingerprint density at radius 1 is 1.04 bits per heavy atom. The van der Waals surface area contributed by atoms with Crippen LogP contribution in [-0.2, 0) is 9.53 Å². The first-order valence-electron chi connectivity index (χ1n) is 7.33. The molecule has 120 valence electrons. The highest BCUT2D eigenvalue weighted by Gasteiger charge is 2.11. The third kappa shape index (κ3) is 5.47. The maximum atomic E-state index is 11.9. The molecule has 23 heavy (non-hydrogen) atoms. The maximum Gasteiger partial charge on any atom is 0.338 e. The fourth-order valence-electron chi connectivity index (χ4n) is 1.87. The van der Waals surface area contributed by atoms with Gasteiger partial charge < -0.3 is 14.8 Å². The van der Waals surface area contributed by atoms with E-state index in [9.17, 15) is 9.59 Å². The second-order valence-corrected chi connectivity index (χ2v) is 5.18. The molecule has 5 nitrogen and oxygen atoms in total. The second-order valence-electron chi connectivity index (χ2n) is 5.18. The second kappa shape index (κ2) is 7.98. The smallest absolute Gasteiger partial charge is 0.338 e. The molecule has 2 aromatic carbocycles. The predicted molar refractivity (Wildman–Crippen MR) is 87.6 cm³/mol. The van der Waals surface area contributed by atoms with E-state index in [0.29, 0.717) is 17.0 Å². The number of hydrogen-bond acceptors (Lipinski definition) is 4. The van der Waals surface area contributed by atoms with Gasteiger partial charge in [0.2, 0.25) is 0 Å². The number of hydrogen-bond donors (Lipinski definition) is 1. The topological polar surface area (TPSA) is 64.6 Å². The average molecular weight is 313 g/mol. The quantitative estimate of drug-likeness (QED) is 0.831. The summed E-state index contributed by atoms with van der Waals surface area (Å²) in [6, 6.07) is 15.7. The van der Waals surface area contributed by atoms with Gasteiger partial charge in [0.25, 0.3) is 5.91 Å². The van der Waals surface area contributed by atoms with Crippen molar-refractivity contribution in [1.82, 2.24) is 0 Å². The van der Waals surface area contributed by atoms with Crippen LogP contribution in [0.3, 0.4) is 0 Å². The van der Waals surface area contributed by atoms with E-state index in [0.717, 1.165) is 0 Å². The highest BCUT2D eigenvalue weighted by Crippen LogP contribution is 2.13. The van der Waals surface area contributed by atoms with Gasteiger partial charge in [-0.3, -0.25) is 4.79 Å². The van der Waals surface area contributed by atoms with E-state index in [1.165, 1.54) is 0 Å². The number of carbonyl (C=O) groups is 2. The molecule has 0 aliphatic rings. The third-order valence-electron chi connectivity index (χ3n) is 2.84. The predicted octanol–water partition coefficient (Wildman–Crippen LogP) is 3.27. The van der Waals surface area contributed by atoms with Crippen molar-refractivity contribution >= 4 is 17.6 Å². The van der Waals surface area contributed by atoms with Crippen LogP contribution in [-0.4, -0.2) is 24.6 Å². The standard InChI is InChI=1S/C18H19NO4/c1-13(2)23-18(21)14-7-6-8-15(11-14)19-17(20)12-22-16-9-4-3-5-10-16/h3-11,13H,12H2,1-2H3,(H,19,20). The average Bonchev–Trinajstić information content (AvgIpc) is 2.53. The third-order valence-corrected chi connectivity index (χ3v) is 2.84. The van der Waals surface area contributed by atoms with E-state index in [1.54, 1.807) is 50.2 Å². The summed E-state index contributed by atoms with van der Waals surface area (Å²) >= 11 is 0. The Morgan fingerprint density at radius 2 is 1.78 bits per heavy atom. The highest BCUT2D eigenvalue weighted by molar-refractivity contribution is 5.95. The first-order valence-corrected chi connectivity index (χ1v) is 7.33. The fourth-order valence-corrected chi connectivity index (χ4v) is 1.87. The molecule has 1 amide bonds. The Kier molecular flexibility index (Phi) is 5.74. The van der Waals surface area contributed by atoms with Gasteiger partial charge in [-0.2, -0.15) is 0 Å². The van der Waals surface area contributed by atoms with Gasteiger partial charge in [0, 0.05) is 5.69 Å². The minimum absolute atomic E-state index is 0.106. The fraction of sp³-hybridized carbons (Fsp3) is 0.222. The van der Waals surface area contributed by atoms with Crippen molar-refractivity contribution in [2.45, 2.75) is 20.0 Å². The van der Waals surface area contributed by atoms with Crippen molar-refractivity contribution < 1.29 is 19.1 Å². The van der Waals surface area contributed by atoms with E-state index >= 15 is 0 Å². The van der Waals surface area contributed by atoms with Gasteiger partial charge in [0.1, 0.15) is 5.75 Å². The summed E-state index contributed by atoms with van der Waals surface area (Å²) in [5.41, 5.74) is 0.908. The summed E-state index contributed by atoms with van der Waals surface area (Å²) in [5.74, 6) is -0.100. The Hall–Kier alpha value is -2.82. The number of rotatable bonds is 6. The number of anilines is 1. The highest BCUT2D eigenvalue weighted by atomic mass is 16.5. The summed E-state index contributed by atoms with van der Waals surface area (Å²) in [7, 11) is 0. The Bertz CT molecular complexity index is 668. The van der Waals surface area contributed by atoms with Gasteiger partial charge in [0.15, 0.2) is 6.61 Å². The van der Waals surface area contributed by atoms with Gasteiger partial charge in [0.05, 0.1) is 11.7 Å². The molecule has 0 atom stereocenters. The molecule has 0 aliphatic carbocycles. The molecule has 0 saturated heterocycles. The molecule has 0 spiro atoms. The zero-order valence-electron chi connectivity index (χ0n) is 13.1. The van der Waals surface area contributed by atoms with E-state index in [-0.39, 0.29) is 18.6 Å². The molecule has 0 heterocycles. The monoisotopic (exact) mass is 313 g/mol. The molecular formula is C18H19NO4. The number of ether oxygens (including phenoxy) is 2. The largest absolute Gasteiger partial charge is 0.484 e. The zero-order valence-corrected chi connectivity index (χ0v) is 13.1. The van der Waals surface area contributed by atoms with Crippen LogP contribution in [0, 0.1) is 0 Å². The lowest BCUT2D eigenvalue weighted by molar-refractivity contribution is -0.118. The summed E-state index contributed by atoms with van der Waals surface area (Å²) in [4.78, 5) is 23.7. The molecule has 0 saturated carbocycles. The van der Waals surface area contributed by atoms with Crippen LogP contribution in [0.1, 0.15) is 24.2 Å². The van der Waals surface area contributed by atoms with Crippen molar-refractivity contribution in [2.75, 3.05) is 11.9 Å². The van der Waals surface area contributed by atoms with E-state index < -0.39 is 5.97 Å². The summed E-state index contributed by atoms with van der Waals surface area (Å²) in [6.07, 6.45) is -0.194. The van der Waals surface area contributed by atoms with Gasteiger partial charge in [-0.1, -0.05) is 24.3 Å². The summed E-state index contributed by atoms with van der Waals surface area (Å²) < 4.78 is 10.5. The van der Waals surface area contributed by atoms with Gasteiger partial charge in [-0.15, -0.1) is 0 Å². The Labute approximate surface area is 135 Å². The van der Waals surface area contributed by atoms with Crippen molar-refractivity contribution in [3.63, 3.8) is 0 Å². The molecule has 0 unspecified atom stereocenters. The molecule has 0 bridgehead atoms. The molecule has 0 fully saturated rings. The molecular weight excluding hydrogens is 294 g/mol. The van der Waals surface area contributed by atoms with Crippen LogP contribution < -0.4 is 10.1 Å². The Balaban J connectivity index is 1.92. The minimum atomic E-state index is -0.420. The van der Waals surface area contributed by atoms with Crippen molar-refractivity contribution in [3.05, 3.63) is 60.2 Å². The van der Waals surface area contributed by atoms with Crippen LogP contribution in [0.5, 0.6) is 5.75 Å². The molecule has 2 rings (SSSR count). The van der Waals surface area contributed by atoms with Gasteiger partial charge >= 0.3 is 5.97 Å².